The van der Waals surface area contributed by atoms with Crippen LogP contribution in [0.3, 0.4) is 0 Å². The average Bonchev–Trinajstić information content (AvgIpc) is 2.40. The molecule has 0 aromatic carbocycles. The number of methoxy groups -OCH3 is 1. The molecule has 118 valence electrons. The Labute approximate surface area is 123 Å². The second-order valence-electron chi connectivity index (χ2n) is 6.10. The predicted molar refractivity (Wildman–Crippen MR) is 81.9 cm³/mol. The molecule has 0 aliphatic carbocycles. The highest BCUT2D eigenvalue weighted by molar-refractivity contribution is 5.80. The van der Waals surface area contributed by atoms with Gasteiger partial charge in [-0.3, -0.25) is 9.69 Å². The first-order valence-electron chi connectivity index (χ1n) is 7.69. The highest BCUT2D eigenvalue weighted by Gasteiger charge is 2.33. The minimum absolute atomic E-state index is 0.161. The number of esters is 1. The van der Waals surface area contributed by atoms with E-state index in [1.807, 2.05) is 13.8 Å². The van der Waals surface area contributed by atoms with Crippen molar-refractivity contribution in [2.45, 2.75) is 45.2 Å². The van der Waals surface area contributed by atoms with E-state index < -0.39 is 5.54 Å². The van der Waals surface area contributed by atoms with Gasteiger partial charge in [0.05, 0.1) is 7.11 Å². The summed E-state index contributed by atoms with van der Waals surface area (Å²) in [4.78, 5) is 16.8. The molecule has 1 fully saturated rings. The van der Waals surface area contributed by atoms with Crippen molar-refractivity contribution in [1.29, 1.82) is 0 Å². The van der Waals surface area contributed by atoms with E-state index in [1.165, 1.54) is 7.11 Å². The molecule has 0 aromatic rings. The Hall–Kier alpha value is -0.650. The molecule has 1 N–H and O–H groups in total. The number of piperazine rings is 1. The van der Waals surface area contributed by atoms with Crippen molar-refractivity contribution in [3.8, 4) is 0 Å². The summed E-state index contributed by atoms with van der Waals surface area (Å²) in [5.41, 5.74) is -0.556. The SMILES string of the molecule is CCNC(C)(CCCN1CCN(C)CC1C)C(=O)OC. The smallest absolute Gasteiger partial charge is 0.325 e. The normalized spacial score (nSPS) is 24.4. The quantitative estimate of drug-likeness (QED) is 0.706. The van der Waals surface area contributed by atoms with Crippen LogP contribution in [0.25, 0.3) is 0 Å². The number of carbonyl (C=O) groups is 1. The zero-order valence-electron chi connectivity index (χ0n) is 13.7. The lowest BCUT2D eigenvalue weighted by atomic mass is 9.95. The van der Waals surface area contributed by atoms with Gasteiger partial charge in [0, 0.05) is 25.7 Å². The molecule has 1 aliphatic heterocycles. The molecule has 0 bridgehead atoms. The van der Waals surface area contributed by atoms with Crippen LogP contribution in [0, 0.1) is 0 Å². The van der Waals surface area contributed by atoms with Gasteiger partial charge in [-0.1, -0.05) is 6.92 Å². The number of rotatable bonds is 7. The molecule has 0 spiro atoms. The monoisotopic (exact) mass is 285 g/mol. The summed E-state index contributed by atoms with van der Waals surface area (Å²) >= 11 is 0. The van der Waals surface area contributed by atoms with Crippen molar-refractivity contribution in [3.05, 3.63) is 0 Å². The Kier molecular flexibility index (Phi) is 6.92. The van der Waals surface area contributed by atoms with Crippen LogP contribution in [-0.4, -0.2) is 74.2 Å². The zero-order valence-corrected chi connectivity index (χ0v) is 13.7. The van der Waals surface area contributed by atoms with Gasteiger partial charge >= 0.3 is 5.97 Å². The fraction of sp³-hybridized carbons (Fsp3) is 0.933. The fourth-order valence-corrected chi connectivity index (χ4v) is 3.02. The van der Waals surface area contributed by atoms with Crippen LogP contribution in [0.5, 0.6) is 0 Å². The van der Waals surface area contributed by atoms with Gasteiger partial charge in [0.1, 0.15) is 5.54 Å². The molecule has 1 saturated heterocycles. The van der Waals surface area contributed by atoms with Crippen LogP contribution in [0.1, 0.15) is 33.6 Å². The summed E-state index contributed by atoms with van der Waals surface area (Å²) < 4.78 is 4.92. The Balaban J connectivity index is 2.42. The van der Waals surface area contributed by atoms with E-state index in [-0.39, 0.29) is 5.97 Å². The van der Waals surface area contributed by atoms with Crippen molar-refractivity contribution in [2.75, 3.05) is 46.9 Å². The molecule has 1 heterocycles. The molecule has 5 heteroatoms. The highest BCUT2D eigenvalue weighted by atomic mass is 16.5. The van der Waals surface area contributed by atoms with E-state index in [9.17, 15) is 4.79 Å². The molecule has 0 saturated carbocycles. The van der Waals surface area contributed by atoms with Gasteiger partial charge < -0.3 is 15.0 Å². The van der Waals surface area contributed by atoms with Crippen LogP contribution in [0.15, 0.2) is 0 Å². The standard InChI is InChI=1S/C15H31N3O2/c1-6-16-15(3,14(19)20-5)8-7-9-18-11-10-17(4)12-13(18)2/h13,16H,6-12H2,1-5H3. The lowest BCUT2D eigenvalue weighted by molar-refractivity contribution is -0.148. The van der Waals surface area contributed by atoms with E-state index in [4.69, 9.17) is 4.74 Å². The molecule has 0 aromatic heterocycles. The summed E-state index contributed by atoms with van der Waals surface area (Å²) in [5, 5.41) is 3.26. The number of hydrogen-bond acceptors (Lipinski definition) is 5. The number of hydrogen-bond donors (Lipinski definition) is 1. The first-order valence-corrected chi connectivity index (χ1v) is 7.69. The Morgan fingerprint density at radius 2 is 2.15 bits per heavy atom. The number of nitrogens with one attached hydrogen (secondary N) is 1. The molecule has 5 nitrogen and oxygen atoms in total. The lowest BCUT2D eigenvalue weighted by Gasteiger charge is -2.38. The van der Waals surface area contributed by atoms with Crippen LogP contribution in [0.2, 0.25) is 0 Å². The predicted octanol–water partition coefficient (Wildman–Crippen LogP) is 0.944. The maximum absolute atomic E-state index is 11.9. The van der Waals surface area contributed by atoms with Gasteiger partial charge in [-0.2, -0.15) is 0 Å². The summed E-state index contributed by atoms with van der Waals surface area (Å²) in [5.74, 6) is -0.161. The summed E-state index contributed by atoms with van der Waals surface area (Å²) in [7, 11) is 3.63. The Morgan fingerprint density at radius 1 is 1.45 bits per heavy atom. The second-order valence-corrected chi connectivity index (χ2v) is 6.10. The van der Waals surface area contributed by atoms with Gasteiger partial charge in [0.15, 0.2) is 0 Å². The number of ether oxygens (including phenoxy) is 1. The van der Waals surface area contributed by atoms with Crippen molar-refractivity contribution < 1.29 is 9.53 Å². The maximum Gasteiger partial charge on any atom is 0.325 e. The van der Waals surface area contributed by atoms with Gasteiger partial charge in [-0.25, -0.2) is 0 Å². The molecule has 0 radical (unpaired) electrons. The molecular formula is C15H31N3O2. The van der Waals surface area contributed by atoms with Crippen molar-refractivity contribution >= 4 is 5.97 Å². The number of likely N-dealkylation sites (N-methyl/N-ethyl adjacent to an activating group) is 2. The van der Waals surface area contributed by atoms with E-state index in [0.717, 1.165) is 45.6 Å². The minimum Gasteiger partial charge on any atom is -0.468 e. The van der Waals surface area contributed by atoms with Crippen LogP contribution in [-0.2, 0) is 9.53 Å². The summed E-state index contributed by atoms with van der Waals surface area (Å²) in [6, 6.07) is 0.595. The van der Waals surface area contributed by atoms with Crippen molar-refractivity contribution in [1.82, 2.24) is 15.1 Å². The molecule has 2 unspecified atom stereocenters. The highest BCUT2D eigenvalue weighted by Crippen LogP contribution is 2.16. The van der Waals surface area contributed by atoms with Crippen LogP contribution < -0.4 is 5.32 Å². The largest absolute Gasteiger partial charge is 0.468 e. The van der Waals surface area contributed by atoms with Gasteiger partial charge in [-0.05, 0) is 46.8 Å². The van der Waals surface area contributed by atoms with Crippen LogP contribution >= 0.6 is 0 Å². The minimum atomic E-state index is -0.556. The molecule has 1 aliphatic rings. The Bertz CT molecular complexity index is 311. The first-order chi connectivity index (χ1) is 9.42. The van der Waals surface area contributed by atoms with Gasteiger partial charge in [0.25, 0.3) is 0 Å². The van der Waals surface area contributed by atoms with E-state index in [1.54, 1.807) is 0 Å². The van der Waals surface area contributed by atoms with Crippen molar-refractivity contribution in [3.63, 3.8) is 0 Å². The first kappa shape index (κ1) is 17.4. The molecule has 1 rings (SSSR count). The van der Waals surface area contributed by atoms with E-state index in [0.29, 0.717) is 6.04 Å². The average molecular weight is 285 g/mol. The van der Waals surface area contributed by atoms with Gasteiger partial charge in [-0.15, -0.1) is 0 Å². The Morgan fingerprint density at radius 3 is 2.70 bits per heavy atom. The third-order valence-corrected chi connectivity index (χ3v) is 4.29. The summed E-state index contributed by atoms with van der Waals surface area (Å²) in [6.07, 6.45) is 1.82. The fourth-order valence-electron chi connectivity index (χ4n) is 3.02. The van der Waals surface area contributed by atoms with E-state index in [2.05, 4.69) is 29.1 Å². The third-order valence-electron chi connectivity index (χ3n) is 4.29. The zero-order chi connectivity index (χ0) is 15.2. The molecule has 20 heavy (non-hydrogen) atoms. The second kappa shape index (κ2) is 7.96. The topological polar surface area (TPSA) is 44.8 Å². The molecular weight excluding hydrogens is 254 g/mol. The third kappa shape index (κ3) is 4.72. The number of carbonyl (C=O) groups excluding carboxylic acids is 1. The van der Waals surface area contributed by atoms with Gasteiger partial charge in [0.2, 0.25) is 0 Å². The molecule has 2 atom stereocenters. The maximum atomic E-state index is 11.9. The summed E-state index contributed by atoms with van der Waals surface area (Å²) in [6.45, 7) is 11.4. The van der Waals surface area contributed by atoms with Crippen LogP contribution in [0.4, 0.5) is 0 Å². The van der Waals surface area contributed by atoms with Crippen molar-refractivity contribution in [2.24, 2.45) is 0 Å². The lowest BCUT2D eigenvalue weighted by Crippen LogP contribution is -2.52. The van der Waals surface area contributed by atoms with E-state index >= 15 is 0 Å². The molecule has 0 amide bonds. The number of nitrogens with zero attached hydrogens (tertiary/aromatic N) is 2.